The maximum Gasteiger partial charge on any atom is 0.339 e. The molecule has 140 valence electrons. The summed E-state index contributed by atoms with van der Waals surface area (Å²) in [5.74, 6) is -0.403. The number of nitrogen functional groups attached to an aromatic ring is 1. The molecule has 7 heteroatoms. The molecule has 0 saturated heterocycles. The van der Waals surface area contributed by atoms with Crippen LogP contribution in [0, 0.1) is 0 Å². The van der Waals surface area contributed by atoms with Crippen molar-refractivity contribution >= 4 is 11.7 Å². The highest BCUT2D eigenvalue weighted by atomic mass is 16.5. The van der Waals surface area contributed by atoms with E-state index in [4.69, 9.17) is 26.7 Å². The average molecular weight is 359 g/mol. The highest BCUT2D eigenvalue weighted by Gasteiger charge is 2.19. The number of aromatic carboxylic acids is 1. The molecular formula is C19H25N3O4. The fourth-order valence-corrected chi connectivity index (χ4v) is 2.45. The van der Waals surface area contributed by atoms with Gasteiger partial charge in [-0.25, -0.2) is 4.79 Å². The second-order valence-corrected chi connectivity index (χ2v) is 5.72. The Labute approximate surface area is 152 Å². The van der Waals surface area contributed by atoms with Crippen LogP contribution in [0.4, 0.5) is 5.69 Å². The molecule has 0 radical (unpaired) electrons. The maximum absolute atomic E-state index is 11.6. The third-order valence-corrected chi connectivity index (χ3v) is 3.78. The summed E-state index contributed by atoms with van der Waals surface area (Å²) >= 11 is 0. The fourth-order valence-electron chi connectivity index (χ4n) is 2.45. The molecule has 0 amide bonds. The summed E-state index contributed by atoms with van der Waals surface area (Å²) in [5, 5.41) is 9.53. The van der Waals surface area contributed by atoms with Crippen LogP contribution in [-0.2, 0) is 0 Å². The molecule has 26 heavy (non-hydrogen) atoms. The minimum atomic E-state index is -1.09. The number of para-hydroxylation sites is 1. The van der Waals surface area contributed by atoms with E-state index in [1.165, 1.54) is 6.07 Å². The molecule has 0 heterocycles. The molecule has 0 saturated carbocycles. The Bertz CT molecular complexity index is 750. The number of hydrogen-bond acceptors (Lipinski definition) is 6. The van der Waals surface area contributed by atoms with Gasteiger partial charge < -0.3 is 31.8 Å². The number of ether oxygens (including phenoxy) is 2. The highest BCUT2D eigenvalue weighted by Crippen LogP contribution is 2.39. The third kappa shape index (κ3) is 4.87. The lowest BCUT2D eigenvalue weighted by molar-refractivity contribution is 0.0691. The fraction of sp³-hybridized carbons (Fsp3) is 0.316. The van der Waals surface area contributed by atoms with E-state index in [2.05, 4.69) is 0 Å². The van der Waals surface area contributed by atoms with Crippen LogP contribution in [0.5, 0.6) is 11.5 Å². The van der Waals surface area contributed by atoms with Gasteiger partial charge in [-0.3, -0.25) is 0 Å². The van der Waals surface area contributed by atoms with Crippen LogP contribution in [-0.4, -0.2) is 37.4 Å². The Morgan fingerprint density at radius 1 is 0.923 bits per heavy atom. The number of carbonyl (C=O) groups is 1. The van der Waals surface area contributed by atoms with Crippen molar-refractivity contribution in [3.05, 3.63) is 42.0 Å². The van der Waals surface area contributed by atoms with Crippen LogP contribution in [0.25, 0.3) is 11.1 Å². The molecule has 0 aliphatic carbocycles. The van der Waals surface area contributed by atoms with Crippen LogP contribution < -0.4 is 26.7 Å². The normalized spacial score (nSPS) is 10.5. The van der Waals surface area contributed by atoms with E-state index in [0.717, 1.165) is 5.56 Å². The van der Waals surface area contributed by atoms with Gasteiger partial charge >= 0.3 is 5.97 Å². The molecule has 0 aliphatic heterocycles. The number of rotatable bonds is 10. The van der Waals surface area contributed by atoms with Gasteiger partial charge in [0.15, 0.2) is 0 Å². The predicted molar refractivity (Wildman–Crippen MR) is 102 cm³/mol. The molecule has 0 fully saturated rings. The standard InChI is InChI=1S/C19H25N3O4/c20-7-3-9-25-17-12-15(19(23)24)18(26-10-4-8-21)11-14(17)13-5-1-2-6-16(13)22/h1-2,5-6,11-12H,3-4,7-10,20-22H2,(H,23,24). The van der Waals surface area contributed by atoms with Gasteiger partial charge in [-0.1, -0.05) is 18.2 Å². The zero-order valence-electron chi connectivity index (χ0n) is 14.6. The van der Waals surface area contributed by atoms with Gasteiger partial charge in [-0.15, -0.1) is 0 Å². The van der Waals surface area contributed by atoms with Crippen LogP contribution in [0.3, 0.4) is 0 Å². The van der Waals surface area contributed by atoms with Crippen molar-refractivity contribution in [1.82, 2.24) is 0 Å². The van der Waals surface area contributed by atoms with Crippen molar-refractivity contribution < 1.29 is 19.4 Å². The van der Waals surface area contributed by atoms with Crippen molar-refractivity contribution in [1.29, 1.82) is 0 Å². The van der Waals surface area contributed by atoms with E-state index in [0.29, 0.717) is 56.1 Å². The SMILES string of the molecule is NCCCOc1cc(-c2ccccc2N)c(OCCCN)cc1C(=O)O. The quantitative estimate of drug-likeness (QED) is 0.377. The molecule has 7 N–H and O–H groups in total. The molecule has 0 aromatic heterocycles. The second kappa shape index (κ2) is 9.65. The Hall–Kier alpha value is -2.77. The van der Waals surface area contributed by atoms with Crippen LogP contribution in [0.15, 0.2) is 36.4 Å². The maximum atomic E-state index is 11.6. The first-order valence-corrected chi connectivity index (χ1v) is 8.50. The first kappa shape index (κ1) is 19.6. The van der Waals surface area contributed by atoms with Gasteiger partial charge in [-0.05, 0) is 44.1 Å². The van der Waals surface area contributed by atoms with Gasteiger partial charge in [0.05, 0.1) is 13.2 Å². The molecular weight excluding hydrogens is 334 g/mol. The summed E-state index contributed by atoms with van der Waals surface area (Å²) in [6, 6.07) is 10.4. The monoisotopic (exact) mass is 359 g/mol. The lowest BCUT2D eigenvalue weighted by Crippen LogP contribution is -2.11. The van der Waals surface area contributed by atoms with Crippen LogP contribution in [0.1, 0.15) is 23.2 Å². The summed E-state index contributed by atoms with van der Waals surface area (Å²) in [4.78, 5) is 11.6. The predicted octanol–water partition coefficient (Wildman–Crippen LogP) is 2.09. The minimum Gasteiger partial charge on any atom is -0.493 e. The van der Waals surface area contributed by atoms with Crippen LogP contribution in [0.2, 0.25) is 0 Å². The van der Waals surface area contributed by atoms with E-state index >= 15 is 0 Å². The van der Waals surface area contributed by atoms with Gasteiger partial charge in [0.1, 0.15) is 17.1 Å². The average Bonchev–Trinajstić information content (AvgIpc) is 2.63. The number of nitrogens with two attached hydrogens (primary N) is 3. The molecule has 0 bridgehead atoms. The van der Waals surface area contributed by atoms with E-state index in [1.54, 1.807) is 12.1 Å². The van der Waals surface area contributed by atoms with Crippen molar-refractivity contribution in [2.75, 3.05) is 32.0 Å². The van der Waals surface area contributed by atoms with E-state index in [9.17, 15) is 9.90 Å². The first-order chi connectivity index (χ1) is 12.6. The summed E-state index contributed by atoms with van der Waals surface area (Å²) in [7, 11) is 0. The number of carboxylic acids is 1. The summed E-state index contributed by atoms with van der Waals surface area (Å²) in [6.45, 7) is 1.65. The summed E-state index contributed by atoms with van der Waals surface area (Å²) in [5.41, 5.74) is 19.1. The zero-order valence-corrected chi connectivity index (χ0v) is 14.6. The largest absolute Gasteiger partial charge is 0.493 e. The molecule has 7 nitrogen and oxygen atoms in total. The number of anilines is 1. The summed E-state index contributed by atoms with van der Waals surface area (Å²) < 4.78 is 11.4. The van der Waals surface area contributed by atoms with Crippen molar-refractivity contribution in [2.24, 2.45) is 11.5 Å². The first-order valence-electron chi connectivity index (χ1n) is 8.50. The zero-order chi connectivity index (χ0) is 18.9. The minimum absolute atomic E-state index is 0.0306. The number of carboxylic acid groups (broad SMARTS) is 1. The second-order valence-electron chi connectivity index (χ2n) is 5.72. The third-order valence-electron chi connectivity index (χ3n) is 3.78. The van der Waals surface area contributed by atoms with E-state index in [1.807, 2.05) is 18.2 Å². The van der Waals surface area contributed by atoms with Gasteiger partial charge in [0.25, 0.3) is 0 Å². The van der Waals surface area contributed by atoms with Crippen molar-refractivity contribution in [3.8, 4) is 22.6 Å². The molecule has 2 rings (SSSR count). The Morgan fingerprint density at radius 2 is 1.54 bits per heavy atom. The van der Waals surface area contributed by atoms with E-state index < -0.39 is 5.97 Å². The lowest BCUT2D eigenvalue weighted by Gasteiger charge is -2.17. The Balaban J connectivity index is 2.51. The molecule has 0 unspecified atom stereocenters. The molecule has 0 atom stereocenters. The number of hydrogen-bond donors (Lipinski definition) is 4. The van der Waals surface area contributed by atoms with Crippen molar-refractivity contribution in [2.45, 2.75) is 12.8 Å². The topological polar surface area (TPSA) is 134 Å². The summed E-state index contributed by atoms with van der Waals surface area (Å²) in [6.07, 6.45) is 1.28. The molecule has 2 aromatic rings. The van der Waals surface area contributed by atoms with Gasteiger partial charge in [0.2, 0.25) is 0 Å². The van der Waals surface area contributed by atoms with E-state index in [-0.39, 0.29) is 11.3 Å². The highest BCUT2D eigenvalue weighted by molar-refractivity contribution is 5.94. The molecule has 0 aliphatic rings. The lowest BCUT2D eigenvalue weighted by atomic mass is 10.00. The smallest absolute Gasteiger partial charge is 0.339 e. The number of benzene rings is 2. The Kier molecular flexibility index (Phi) is 7.25. The molecule has 0 spiro atoms. The van der Waals surface area contributed by atoms with Gasteiger partial charge in [-0.2, -0.15) is 0 Å². The Morgan fingerprint density at radius 3 is 2.12 bits per heavy atom. The van der Waals surface area contributed by atoms with Gasteiger partial charge in [0, 0.05) is 16.8 Å². The van der Waals surface area contributed by atoms with Crippen molar-refractivity contribution in [3.63, 3.8) is 0 Å². The van der Waals surface area contributed by atoms with Crippen LogP contribution >= 0.6 is 0 Å². The molecule has 2 aromatic carbocycles.